The second-order valence-electron chi connectivity index (χ2n) is 7.87. The molecule has 6 nitrogen and oxygen atoms in total. The predicted molar refractivity (Wildman–Crippen MR) is 124 cm³/mol. The molecule has 0 fully saturated rings. The number of fused-ring (bicyclic) bond motifs is 1. The number of carbonyl (C=O) groups is 1. The zero-order valence-corrected chi connectivity index (χ0v) is 19.6. The highest BCUT2D eigenvalue weighted by Crippen LogP contribution is 2.39. The van der Waals surface area contributed by atoms with Crippen molar-refractivity contribution >= 4 is 46.4 Å². The van der Waals surface area contributed by atoms with Gasteiger partial charge in [0.25, 0.3) is 0 Å². The Bertz CT molecular complexity index is 1040. The minimum absolute atomic E-state index is 0.142. The molecule has 0 radical (unpaired) electrons. The fraction of sp³-hybridized carbons (Fsp3) is 0.429. The number of rotatable bonds is 6. The summed E-state index contributed by atoms with van der Waals surface area (Å²) in [5.74, 6) is 2.21. The van der Waals surface area contributed by atoms with Crippen molar-refractivity contribution in [2.75, 3.05) is 11.1 Å². The van der Waals surface area contributed by atoms with E-state index >= 15 is 0 Å². The van der Waals surface area contributed by atoms with Gasteiger partial charge in [-0.1, -0.05) is 30.3 Å². The molecule has 3 aromatic rings. The number of pyridine rings is 1. The lowest BCUT2D eigenvalue weighted by Gasteiger charge is -2.19. The Morgan fingerprint density at radius 1 is 1.40 bits per heavy atom. The molecule has 1 amide bonds. The second kappa shape index (κ2) is 9.08. The molecule has 1 aliphatic carbocycles. The average molecular weight is 462 g/mol. The third kappa shape index (κ3) is 4.55. The minimum atomic E-state index is -0.142. The molecule has 158 valence electrons. The molecule has 0 spiro atoms. The van der Waals surface area contributed by atoms with Crippen molar-refractivity contribution in [3.8, 4) is 11.4 Å². The summed E-state index contributed by atoms with van der Waals surface area (Å²) >= 11 is 9.06. The smallest absolute Gasteiger partial charge is 0.236 e. The van der Waals surface area contributed by atoms with E-state index < -0.39 is 0 Å². The number of carbonyl (C=O) groups excluding carboxylic acids is 1. The zero-order chi connectivity index (χ0) is 21.3. The van der Waals surface area contributed by atoms with Gasteiger partial charge in [0.1, 0.15) is 5.82 Å². The van der Waals surface area contributed by atoms with Crippen LogP contribution in [0.4, 0.5) is 5.82 Å². The molecular weight excluding hydrogens is 438 g/mol. The first-order valence-corrected chi connectivity index (χ1v) is 12.3. The van der Waals surface area contributed by atoms with E-state index in [0.717, 1.165) is 29.7 Å². The molecule has 3 aromatic heterocycles. The van der Waals surface area contributed by atoms with Crippen molar-refractivity contribution in [1.29, 1.82) is 0 Å². The molecular formula is C21H24ClN5OS2. The highest BCUT2D eigenvalue weighted by Gasteiger charge is 2.25. The normalized spacial score (nSPS) is 16.0. The summed E-state index contributed by atoms with van der Waals surface area (Å²) in [7, 11) is 0. The maximum Gasteiger partial charge on any atom is 0.236 e. The van der Waals surface area contributed by atoms with E-state index in [-0.39, 0.29) is 17.7 Å². The van der Waals surface area contributed by atoms with E-state index in [0.29, 0.717) is 10.8 Å². The van der Waals surface area contributed by atoms with E-state index in [9.17, 15) is 4.79 Å². The standard InChI is InChI=1S/C21H24ClN5OS2/c1-12(2)27-20(16-10-29-17-8-13(3)4-6-15(16)17)25-26-21(27)30-11-19(28)24-18-7-5-14(22)9-23-18/h5,7,9-10,12-13H,4,6,8,11H2,1-3H3,(H,23,24,28). The van der Waals surface area contributed by atoms with E-state index in [1.54, 1.807) is 12.1 Å². The second-order valence-corrected chi connectivity index (χ2v) is 10.2. The number of aromatic nitrogens is 4. The summed E-state index contributed by atoms with van der Waals surface area (Å²) in [6.07, 6.45) is 4.97. The maximum atomic E-state index is 12.3. The topological polar surface area (TPSA) is 72.7 Å². The molecule has 1 aliphatic rings. The molecule has 3 heterocycles. The van der Waals surface area contributed by atoms with Crippen molar-refractivity contribution in [3.05, 3.63) is 39.2 Å². The number of thiophene rings is 1. The number of anilines is 1. The van der Waals surface area contributed by atoms with Crippen LogP contribution in [0.1, 0.15) is 43.7 Å². The Hall–Kier alpha value is -1.90. The van der Waals surface area contributed by atoms with Crippen molar-refractivity contribution in [1.82, 2.24) is 19.7 Å². The molecule has 1 N–H and O–H groups in total. The quantitative estimate of drug-likeness (QED) is 0.491. The van der Waals surface area contributed by atoms with Gasteiger partial charge in [0.15, 0.2) is 11.0 Å². The van der Waals surface area contributed by atoms with Gasteiger partial charge in [0.05, 0.1) is 10.8 Å². The molecule has 0 aromatic carbocycles. The van der Waals surface area contributed by atoms with Crippen molar-refractivity contribution < 1.29 is 4.79 Å². The highest BCUT2D eigenvalue weighted by atomic mass is 35.5. The van der Waals surface area contributed by atoms with Crippen molar-refractivity contribution in [2.24, 2.45) is 5.92 Å². The third-order valence-corrected chi connectivity index (χ3v) is 7.37. The molecule has 1 atom stereocenters. The summed E-state index contributed by atoms with van der Waals surface area (Å²) in [5.41, 5.74) is 2.63. The predicted octanol–water partition coefficient (Wildman–Crippen LogP) is 5.49. The number of hydrogen-bond donors (Lipinski definition) is 1. The molecule has 1 unspecified atom stereocenters. The lowest BCUT2D eigenvalue weighted by atomic mass is 9.88. The van der Waals surface area contributed by atoms with Gasteiger partial charge < -0.3 is 5.32 Å². The fourth-order valence-electron chi connectivity index (χ4n) is 3.65. The zero-order valence-electron chi connectivity index (χ0n) is 17.2. The molecule has 30 heavy (non-hydrogen) atoms. The maximum absolute atomic E-state index is 12.3. The van der Waals surface area contributed by atoms with Crippen molar-refractivity contribution in [3.63, 3.8) is 0 Å². The highest BCUT2D eigenvalue weighted by molar-refractivity contribution is 7.99. The number of hydrogen-bond acceptors (Lipinski definition) is 6. The van der Waals surface area contributed by atoms with Gasteiger partial charge in [-0.3, -0.25) is 9.36 Å². The number of nitrogens with zero attached hydrogens (tertiary/aromatic N) is 4. The van der Waals surface area contributed by atoms with E-state index in [1.165, 1.54) is 40.4 Å². The first-order chi connectivity index (χ1) is 14.4. The Labute approximate surface area is 189 Å². The summed E-state index contributed by atoms with van der Waals surface area (Å²) in [6, 6.07) is 3.57. The van der Waals surface area contributed by atoms with Gasteiger partial charge in [0.2, 0.25) is 5.91 Å². The first kappa shape index (κ1) is 21.3. The number of nitrogens with one attached hydrogen (secondary N) is 1. The molecule has 0 saturated heterocycles. The van der Waals surface area contributed by atoms with E-state index in [4.69, 9.17) is 11.6 Å². The largest absolute Gasteiger partial charge is 0.310 e. The summed E-state index contributed by atoms with van der Waals surface area (Å²) in [5, 5.41) is 15.2. The van der Waals surface area contributed by atoms with Crippen LogP contribution in [0.3, 0.4) is 0 Å². The van der Waals surface area contributed by atoms with Crippen LogP contribution in [-0.4, -0.2) is 31.4 Å². The van der Waals surface area contributed by atoms with Gasteiger partial charge >= 0.3 is 0 Å². The van der Waals surface area contributed by atoms with E-state index in [2.05, 4.69) is 51.2 Å². The first-order valence-electron chi connectivity index (χ1n) is 10.0. The summed E-state index contributed by atoms with van der Waals surface area (Å²) in [6.45, 7) is 6.56. The monoisotopic (exact) mass is 461 g/mol. The summed E-state index contributed by atoms with van der Waals surface area (Å²) < 4.78 is 2.14. The molecule has 0 aliphatic heterocycles. The number of thioether (sulfide) groups is 1. The Morgan fingerprint density at radius 2 is 2.23 bits per heavy atom. The number of halogens is 1. The van der Waals surface area contributed by atoms with Gasteiger partial charge in [-0.25, -0.2) is 4.98 Å². The lowest BCUT2D eigenvalue weighted by Crippen LogP contribution is -2.16. The van der Waals surface area contributed by atoms with Gasteiger partial charge in [-0.05, 0) is 56.7 Å². The van der Waals surface area contributed by atoms with Crippen LogP contribution in [-0.2, 0) is 17.6 Å². The molecule has 0 saturated carbocycles. The Kier molecular flexibility index (Phi) is 6.46. The summed E-state index contributed by atoms with van der Waals surface area (Å²) in [4.78, 5) is 17.9. The lowest BCUT2D eigenvalue weighted by molar-refractivity contribution is -0.113. The van der Waals surface area contributed by atoms with Crippen LogP contribution in [0, 0.1) is 5.92 Å². The van der Waals surface area contributed by atoms with Gasteiger partial charge in [-0.15, -0.1) is 21.5 Å². The van der Waals surface area contributed by atoms with Crippen LogP contribution >= 0.6 is 34.7 Å². The average Bonchev–Trinajstić information content (AvgIpc) is 3.31. The van der Waals surface area contributed by atoms with E-state index in [1.807, 2.05) is 11.3 Å². The van der Waals surface area contributed by atoms with Crippen LogP contribution in [0.5, 0.6) is 0 Å². The van der Waals surface area contributed by atoms with Crippen LogP contribution in [0.15, 0.2) is 28.9 Å². The number of amides is 1. The molecule has 9 heteroatoms. The Morgan fingerprint density at radius 3 is 2.97 bits per heavy atom. The molecule has 4 rings (SSSR count). The SMILES string of the molecule is CC1CCc2c(-c3nnc(SCC(=O)Nc4ccc(Cl)cn4)n3C(C)C)csc2C1. The minimum Gasteiger partial charge on any atom is -0.310 e. The van der Waals surface area contributed by atoms with Gasteiger partial charge in [0, 0.05) is 28.1 Å². The fourth-order valence-corrected chi connectivity index (χ4v) is 5.87. The van der Waals surface area contributed by atoms with Gasteiger partial charge in [-0.2, -0.15) is 0 Å². The van der Waals surface area contributed by atoms with Crippen LogP contribution in [0.25, 0.3) is 11.4 Å². The molecule has 0 bridgehead atoms. The van der Waals surface area contributed by atoms with Crippen molar-refractivity contribution in [2.45, 2.75) is 51.2 Å². The Balaban J connectivity index is 1.51. The third-order valence-electron chi connectivity index (χ3n) is 5.15. The van der Waals surface area contributed by atoms with Crippen LogP contribution < -0.4 is 5.32 Å². The van der Waals surface area contributed by atoms with Crippen LogP contribution in [0.2, 0.25) is 5.02 Å².